The molecule has 36 heavy (non-hydrogen) atoms. The van der Waals surface area contributed by atoms with E-state index in [1.54, 1.807) is 12.1 Å². The van der Waals surface area contributed by atoms with E-state index < -0.39 is 4.92 Å². The number of hydrogen-bond acceptors (Lipinski definition) is 6. The molecule has 0 spiro atoms. The number of amides is 2. The van der Waals surface area contributed by atoms with Crippen LogP contribution in [-0.2, 0) is 18.7 Å². The number of nitrogens with one attached hydrogen (secondary N) is 2. The van der Waals surface area contributed by atoms with E-state index in [9.17, 15) is 14.9 Å². The molecule has 0 aliphatic carbocycles. The lowest BCUT2D eigenvalue weighted by molar-refractivity contribution is -0.384. The number of non-ortho nitro benzene ring substituents is 1. The summed E-state index contributed by atoms with van der Waals surface area (Å²) in [5.74, 6) is 1.19. The largest absolute Gasteiger partial charge is 0.331 e. The molecule has 0 radical (unpaired) electrons. The van der Waals surface area contributed by atoms with Crippen LogP contribution >= 0.6 is 11.8 Å². The molecular formula is C26H26N6O3S. The number of thioether (sulfide) groups is 1. The maximum Gasteiger partial charge on any atom is 0.319 e. The Kier molecular flexibility index (Phi) is 7.96. The number of rotatable bonds is 9. The predicted molar refractivity (Wildman–Crippen MR) is 140 cm³/mol. The van der Waals surface area contributed by atoms with E-state index in [1.807, 2.05) is 47.9 Å². The predicted octanol–water partition coefficient (Wildman–Crippen LogP) is 5.66. The minimum atomic E-state index is -0.440. The Labute approximate surface area is 213 Å². The van der Waals surface area contributed by atoms with Gasteiger partial charge in [-0.05, 0) is 48.2 Å². The first kappa shape index (κ1) is 24.9. The fourth-order valence-electron chi connectivity index (χ4n) is 3.68. The molecule has 0 bridgehead atoms. The average Bonchev–Trinajstić information content (AvgIpc) is 3.30. The number of nitrogens with zero attached hydrogens (tertiary/aromatic N) is 4. The topological polar surface area (TPSA) is 115 Å². The number of nitro groups is 1. The number of aromatic nitrogens is 3. The fourth-order valence-corrected chi connectivity index (χ4v) is 4.73. The van der Waals surface area contributed by atoms with E-state index >= 15 is 0 Å². The lowest BCUT2D eigenvalue weighted by Crippen LogP contribution is -2.29. The average molecular weight is 503 g/mol. The fraction of sp³-hybridized carbons (Fsp3) is 0.192. The van der Waals surface area contributed by atoms with E-state index in [4.69, 9.17) is 0 Å². The number of benzene rings is 3. The Hall–Kier alpha value is -4.18. The van der Waals surface area contributed by atoms with Gasteiger partial charge in [-0.15, -0.1) is 10.2 Å². The van der Waals surface area contributed by atoms with E-state index in [2.05, 4.69) is 39.9 Å². The molecule has 0 aliphatic heterocycles. The third kappa shape index (κ3) is 5.89. The number of para-hydroxylation sites is 1. The summed E-state index contributed by atoms with van der Waals surface area (Å²) in [7, 11) is 0. The summed E-state index contributed by atoms with van der Waals surface area (Å²) < 4.78 is 1.81. The summed E-state index contributed by atoms with van der Waals surface area (Å²) in [5.41, 5.74) is 4.81. The third-order valence-corrected chi connectivity index (χ3v) is 6.67. The van der Waals surface area contributed by atoms with Gasteiger partial charge in [0.1, 0.15) is 0 Å². The minimum Gasteiger partial charge on any atom is -0.331 e. The lowest BCUT2D eigenvalue weighted by Gasteiger charge is -2.13. The van der Waals surface area contributed by atoms with Gasteiger partial charge in [-0.25, -0.2) is 4.79 Å². The number of carbonyl (C=O) groups excluding carboxylic acids is 1. The second kappa shape index (κ2) is 11.5. The van der Waals surface area contributed by atoms with Gasteiger partial charge in [-0.1, -0.05) is 61.2 Å². The molecule has 9 nitrogen and oxygen atoms in total. The number of urea groups is 1. The quantitative estimate of drug-likeness (QED) is 0.173. The van der Waals surface area contributed by atoms with Crippen LogP contribution in [0.5, 0.6) is 0 Å². The van der Waals surface area contributed by atoms with E-state index in [1.165, 1.54) is 35.0 Å². The number of nitro benzene ring substituents is 1. The summed E-state index contributed by atoms with van der Waals surface area (Å²) in [4.78, 5) is 23.3. The molecule has 4 aromatic rings. The smallest absolute Gasteiger partial charge is 0.319 e. The van der Waals surface area contributed by atoms with E-state index in [0.29, 0.717) is 22.4 Å². The van der Waals surface area contributed by atoms with Gasteiger partial charge in [0.2, 0.25) is 0 Å². The van der Waals surface area contributed by atoms with Crippen LogP contribution in [0.15, 0.2) is 78.0 Å². The number of anilines is 1. The Balaban J connectivity index is 1.55. The zero-order valence-corrected chi connectivity index (χ0v) is 20.8. The lowest BCUT2D eigenvalue weighted by atomic mass is 10.1. The molecule has 3 aromatic carbocycles. The molecular weight excluding hydrogens is 476 g/mol. The van der Waals surface area contributed by atoms with Crippen molar-refractivity contribution in [3.8, 4) is 5.69 Å². The van der Waals surface area contributed by atoms with Crippen molar-refractivity contribution in [1.82, 2.24) is 20.1 Å². The number of aryl methyl sites for hydroxylation is 2. The van der Waals surface area contributed by atoms with E-state index in [0.717, 1.165) is 17.7 Å². The Morgan fingerprint density at radius 2 is 1.69 bits per heavy atom. The molecule has 0 saturated heterocycles. The molecule has 184 valence electrons. The van der Waals surface area contributed by atoms with Crippen molar-refractivity contribution in [2.75, 3.05) is 5.32 Å². The molecule has 2 amide bonds. The van der Waals surface area contributed by atoms with Crippen LogP contribution < -0.4 is 10.6 Å². The second-order valence-electron chi connectivity index (χ2n) is 8.04. The maximum atomic E-state index is 12.6. The normalized spacial score (nSPS) is 10.7. The molecule has 1 aromatic heterocycles. The van der Waals surface area contributed by atoms with Crippen molar-refractivity contribution in [2.45, 2.75) is 37.7 Å². The molecule has 4 rings (SSSR count). The summed E-state index contributed by atoms with van der Waals surface area (Å²) in [6.07, 6.45) is 0.798. The first-order valence-electron chi connectivity index (χ1n) is 11.5. The van der Waals surface area contributed by atoms with Crippen molar-refractivity contribution >= 4 is 29.2 Å². The molecule has 0 fully saturated rings. The van der Waals surface area contributed by atoms with Crippen LogP contribution in [0.4, 0.5) is 16.2 Å². The van der Waals surface area contributed by atoms with Gasteiger partial charge in [0.25, 0.3) is 5.69 Å². The molecule has 0 atom stereocenters. The number of hydrogen-bond donors (Lipinski definition) is 2. The van der Waals surface area contributed by atoms with Crippen molar-refractivity contribution in [1.29, 1.82) is 0 Å². The van der Waals surface area contributed by atoms with Crippen LogP contribution in [0.1, 0.15) is 29.4 Å². The van der Waals surface area contributed by atoms with Crippen molar-refractivity contribution in [3.63, 3.8) is 0 Å². The van der Waals surface area contributed by atoms with Gasteiger partial charge in [0, 0.05) is 29.3 Å². The zero-order chi connectivity index (χ0) is 25.5. The Bertz CT molecular complexity index is 1370. The van der Waals surface area contributed by atoms with Crippen molar-refractivity contribution in [2.24, 2.45) is 0 Å². The molecule has 0 saturated carbocycles. The van der Waals surface area contributed by atoms with Crippen LogP contribution in [0.25, 0.3) is 5.69 Å². The SMILES string of the molecule is CCc1ccccc1NC(=O)NCc1nnc(SCc2ccccc2C)n1-c1ccc([N+](=O)[O-])cc1. The highest BCUT2D eigenvalue weighted by Gasteiger charge is 2.17. The summed E-state index contributed by atoms with van der Waals surface area (Å²) in [5, 5.41) is 26.1. The van der Waals surface area contributed by atoms with Crippen LogP contribution in [0, 0.1) is 17.0 Å². The highest BCUT2D eigenvalue weighted by molar-refractivity contribution is 7.98. The third-order valence-electron chi connectivity index (χ3n) is 5.69. The maximum absolute atomic E-state index is 12.6. The van der Waals surface area contributed by atoms with Gasteiger partial charge in [-0.2, -0.15) is 0 Å². The molecule has 0 unspecified atom stereocenters. The molecule has 0 aliphatic rings. The molecule has 10 heteroatoms. The Morgan fingerprint density at radius 1 is 1.00 bits per heavy atom. The second-order valence-corrected chi connectivity index (χ2v) is 8.98. The van der Waals surface area contributed by atoms with Crippen molar-refractivity contribution in [3.05, 3.63) is 105 Å². The number of carbonyl (C=O) groups is 1. The summed E-state index contributed by atoms with van der Waals surface area (Å²) >= 11 is 1.51. The van der Waals surface area contributed by atoms with Crippen LogP contribution in [-0.4, -0.2) is 25.7 Å². The first-order valence-corrected chi connectivity index (χ1v) is 12.4. The van der Waals surface area contributed by atoms with E-state index in [-0.39, 0.29) is 18.3 Å². The monoisotopic (exact) mass is 502 g/mol. The van der Waals surface area contributed by atoms with Gasteiger partial charge in [-0.3, -0.25) is 14.7 Å². The first-order chi connectivity index (χ1) is 17.5. The van der Waals surface area contributed by atoms with Gasteiger partial charge < -0.3 is 10.6 Å². The zero-order valence-electron chi connectivity index (χ0n) is 20.0. The highest BCUT2D eigenvalue weighted by Crippen LogP contribution is 2.27. The summed E-state index contributed by atoms with van der Waals surface area (Å²) in [6.45, 7) is 4.21. The standard InChI is InChI=1S/C26H26N6O3S/c1-3-19-9-6-7-11-23(19)28-25(33)27-16-24-29-30-26(36-17-20-10-5-4-8-18(20)2)31(24)21-12-14-22(15-13-21)32(34)35/h4-15H,3,16-17H2,1-2H3,(H2,27,28,33). The van der Waals surface area contributed by atoms with Crippen LogP contribution in [0.2, 0.25) is 0 Å². The van der Waals surface area contributed by atoms with Gasteiger partial charge in [0.05, 0.1) is 11.5 Å². The van der Waals surface area contributed by atoms with Gasteiger partial charge >= 0.3 is 6.03 Å². The summed E-state index contributed by atoms with van der Waals surface area (Å²) in [6, 6.07) is 21.6. The van der Waals surface area contributed by atoms with Crippen LogP contribution in [0.3, 0.4) is 0 Å². The highest BCUT2D eigenvalue weighted by atomic mass is 32.2. The molecule has 1 heterocycles. The molecule has 2 N–H and O–H groups in total. The van der Waals surface area contributed by atoms with Gasteiger partial charge in [0.15, 0.2) is 11.0 Å². The Morgan fingerprint density at radius 3 is 2.39 bits per heavy atom. The van der Waals surface area contributed by atoms with Crippen molar-refractivity contribution < 1.29 is 9.72 Å². The minimum absolute atomic E-state index is 0.00502.